The van der Waals surface area contributed by atoms with E-state index < -0.39 is 20.3 Å². The first-order valence-corrected chi connectivity index (χ1v) is 13.2. The van der Waals surface area contributed by atoms with Gasteiger partial charge < -0.3 is 9.16 Å². The summed E-state index contributed by atoms with van der Waals surface area (Å²) in [6.45, 7) is 6.34. The molecule has 2 rings (SSSR count). The van der Waals surface area contributed by atoms with Gasteiger partial charge in [-0.15, -0.1) is 0 Å². The summed E-state index contributed by atoms with van der Waals surface area (Å²) in [6.07, 6.45) is 11.2. The first-order chi connectivity index (χ1) is 13.9. The molecule has 0 saturated heterocycles. The Balaban J connectivity index is 2.24. The topological polar surface area (TPSA) is 35.5 Å². The molecule has 3 nitrogen and oxygen atoms in total. The molecule has 29 heavy (non-hydrogen) atoms. The zero-order valence-electron chi connectivity index (χ0n) is 17.6. The lowest BCUT2D eigenvalue weighted by atomic mass is 10.0. The van der Waals surface area contributed by atoms with E-state index in [9.17, 15) is 4.79 Å². The molecule has 0 amide bonds. The molecule has 0 saturated carbocycles. The normalized spacial score (nSPS) is 14.5. The van der Waals surface area contributed by atoms with Crippen LogP contribution in [0.3, 0.4) is 0 Å². The second-order valence-electron chi connectivity index (χ2n) is 7.67. The lowest BCUT2D eigenvalue weighted by Crippen LogP contribution is -2.38. The summed E-state index contributed by atoms with van der Waals surface area (Å²) < 4.78 is 11.4. The molecule has 2 aromatic carbocycles. The fourth-order valence-corrected chi connectivity index (χ4v) is 3.83. The zero-order valence-corrected chi connectivity index (χ0v) is 18.6. The van der Waals surface area contributed by atoms with Crippen LogP contribution < -0.4 is 0 Å². The third-order valence-corrected chi connectivity index (χ3v) is 5.09. The van der Waals surface area contributed by atoms with Crippen LogP contribution in [0.15, 0.2) is 85.0 Å². The Bertz CT molecular complexity index is 833. The average Bonchev–Trinajstić information content (AvgIpc) is 2.71. The summed E-state index contributed by atoms with van der Waals surface area (Å²) in [7, 11) is -0.479. The molecule has 0 aliphatic heterocycles. The van der Waals surface area contributed by atoms with E-state index in [1.807, 2.05) is 97.1 Å². The number of hydrogen-bond donors (Lipinski definition) is 0. The highest BCUT2D eigenvalue weighted by Crippen LogP contribution is 2.20. The van der Waals surface area contributed by atoms with Crippen LogP contribution in [0.5, 0.6) is 0 Å². The third-order valence-electron chi connectivity index (χ3n) is 4.11. The maximum Gasteiger partial charge on any atom is 0.315 e. The second-order valence-corrected chi connectivity index (χ2v) is 12.1. The van der Waals surface area contributed by atoms with Gasteiger partial charge in [-0.3, -0.25) is 4.79 Å². The number of rotatable bonds is 9. The first kappa shape index (κ1) is 22.6. The van der Waals surface area contributed by atoms with Gasteiger partial charge >= 0.3 is 5.97 Å². The maximum atomic E-state index is 12.5. The van der Waals surface area contributed by atoms with Gasteiger partial charge in [-0.05, 0) is 30.8 Å². The second kappa shape index (κ2) is 11.3. The summed E-state index contributed by atoms with van der Waals surface area (Å²) in [6, 6.07) is 20.0. The van der Waals surface area contributed by atoms with E-state index in [1.165, 1.54) is 7.11 Å². The van der Waals surface area contributed by atoms with Crippen molar-refractivity contribution < 1.29 is 14.0 Å². The smallest absolute Gasteiger partial charge is 0.315 e. The van der Waals surface area contributed by atoms with E-state index >= 15 is 0 Å². The van der Waals surface area contributed by atoms with Crippen molar-refractivity contribution in [3.05, 3.63) is 96.1 Å². The van der Waals surface area contributed by atoms with Gasteiger partial charge in [0.25, 0.3) is 0 Å². The Morgan fingerprint density at radius 3 is 1.90 bits per heavy atom. The summed E-state index contributed by atoms with van der Waals surface area (Å²) in [4.78, 5) is 12.5. The van der Waals surface area contributed by atoms with Gasteiger partial charge in [0.1, 0.15) is 5.92 Å². The van der Waals surface area contributed by atoms with E-state index in [4.69, 9.17) is 9.16 Å². The fraction of sp³-hybridized carbons (Fsp3) is 0.240. The van der Waals surface area contributed by atoms with Gasteiger partial charge in [0, 0.05) is 0 Å². The Morgan fingerprint density at radius 2 is 1.38 bits per heavy atom. The number of allylic oxidation sites excluding steroid dienone is 2. The lowest BCUT2D eigenvalue weighted by Gasteiger charge is -2.28. The molecule has 0 unspecified atom stereocenters. The lowest BCUT2D eigenvalue weighted by molar-refractivity contribution is -0.145. The van der Waals surface area contributed by atoms with Crippen LogP contribution in [-0.4, -0.2) is 27.5 Å². The van der Waals surface area contributed by atoms with Crippen LogP contribution in [0.1, 0.15) is 11.1 Å². The summed E-state index contributed by atoms with van der Waals surface area (Å²) in [5, 5.41) is 0. The summed E-state index contributed by atoms with van der Waals surface area (Å²) >= 11 is 0. The molecule has 4 heteroatoms. The minimum absolute atomic E-state index is 0.310. The van der Waals surface area contributed by atoms with Crippen molar-refractivity contribution in [3.8, 4) is 0 Å². The van der Waals surface area contributed by atoms with Gasteiger partial charge in [0.15, 0.2) is 8.32 Å². The Morgan fingerprint density at radius 1 is 0.828 bits per heavy atom. The van der Waals surface area contributed by atoms with Crippen molar-refractivity contribution in [1.82, 2.24) is 0 Å². The summed E-state index contributed by atoms with van der Waals surface area (Å²) in [5.41, 5.74) is 2.17. The van der Waals surface area contributed by atoms with Gasteiger partial charge in [-0.25, -0.2) is 0 Å². The van der Waals surface area contributed by atoms with E-state index in [2.05, 4.69) is 19.6 Å². The molecule has 0 aromatic heterocycles. The quantitative estimate of drug-likeness (QED) is 0.292. The van der Waals surface area contributed by atoms with Crippen LogP contribution in [0.25, 0.3) is 12.2 Å². The standard InChI is InChI=1S/C25H30O3Si/c1-27-25(26)23(18-12-11-17-21-13-7-5-8-14-21)24(28-29(2,3)4)20-19-22-15-9-6-10-16-22/h5-20,23-24H,1-4H3/b17-11+,18-12+,20-19+/t23-,24+/m0/s1. The van der Waals surface area contributed by atoms with Crippen LogP contribution in [0.4, 0.5) is 0 Å². The highest BCUT2D eigenvalue weighted by atomic mass is 28.4. The van der Waals surface area contributed by atoms with Gasteiger partial charge in [0.2, 0.25) is 0 Å². The van der Waals surface area contributed by atoms with Crippen LogP contribution in [0, 0.1) is 5.92 Å². The molecule has 0 spiro atoms. The predicted octanol–water partition coefficient (Wildman–Crippen LogP) is 5.98. The van der Waals surface area contributed by atoms with Crippen LogP contribution in [-0.2, 0) is 14.0 Å². The molecular weight excluding hydrogens is 376 g/mol. The van der Waals surface area contributed by atoms with Crippen molar-refractivity contribution in [2.24, 2.45) is 5.92 Å². The maximum absolute atomic E-state index is 12.5. The molecule has 2 aromatic rings. The SMILES string of the molecule is COC(=O)[C@@H](/C=C/C=C/c1ccccc1)[C@@H](/C=C/c1ccccc1)O[Si](C)(C)C. The first-order valence-electron chi connectivity index (χ1n) is 9.78. The number of benzene rings is 2. The molecule has 0 N–H and O–H groups in total. The predicted molar refractivity (Wildman–Crippen MR) is 124 cm³/mol. The highest BCUT2D eigenvalue weighted by Gasteiger charge is 2.30. The largest absolute Gasteiger partial charge is 0.468 e. The Hall–Kier alpha value is -2.69. The molecule has 0 heterocycles. The third kappa shape index (κ3) is 8.46. The number of ether oxygens (including phenoxy) is 1. The number of hydrogen-bond acceptors (Lipinski definition) is 3. The van der Waals surface area contributed by atoms with Crippen molar-refractivity contribution >= 4 is 26.4 Å². The van der Waals surface area contributed by atoms with Crippen LogP contribution in [0.2, 0.25) is 19.6 Å². The number of carbonyl (C=O) groups is 1. The molecule has 0 bridgehead atoms. The molecule has 0 aliphatic carbocycles. The molecule has 152 valence electrons. The monoisotopic (exact) mass is 406 g/mol. The van der Waals surface area contributed by atoms with Crippen molar-refractivity contribution in [2.75, 3.05) is 7.11 Å². The number of methoxy groups -OCH3 is 1. The van der Waals surface area contributed by atoms with Gasteiger partial charge in [0.05, 0.1) is 13.2 Å². The summed E-state index contributed by atoms with van der Waals surface area (Å²) in [5.74, 6) is -0.831. The average molecular weight is 407 g/mol. The Kier molecular flexibility index (Phi) is 8.84. The van der Waals surface area contributed by atoms with E-state index in [-0.39, 0.29) is 5.97 Å². The minimum atomic E-state index is -1.89. The zero-order chi connectivity index (χ0) is 21.1. The minimum Gasteiger partial charge on any atom is -0.468 e. The van der Waals surface area contributed by atoms with Crippen molar-refractivity contribution in [2.45, 2.75) is 25.7 Å². The molecule has 0 aliphatic rings. The van der Waals surface area contributed by atoms with Gasteiger partial charge in [-0.2, -0.15) is 0 Å². The van der Waals surface area contributed by atoms with Crippen LogP contribution >= 0.6 is 0 Å². The van der Waals surface area contributed by atoms with Crippen molar-refractivity contribution in [3.63, 3.8) is 0 Å². The molecule has 2 atom stereocenters. The van der Waals surface area contributed by atoms with Crippen molar-refractivity contribution in [1.29, 1.82) is 0 Å². The fourth-order valence-electron chi connectivity index (χ4n) is 2.78. The Labute approximate surface area is 175 Å². The number of esters is 1. The van der Waals surface area contributed by atoms with E-state index in [0.29, 0.717) is 0 Å². The molecule has 0 radical (unpaired) electrons. The number of carbonyl (C=O) groups excluding carboxylic acids is 1. The van der Waals surface area contributed by atoms with E-state index in [1.54, 1.807) is 0 Å². The van der Waals surface area contributed by atoms with Gasteiger partial charge in [-0.1, -0.05) is 97.1 Å². The highest BCUT2D eigenvalue weighted by molar-refractivity contribution is 6.69. The molecule has 0 fully saturated rings. The molecular formula is C25H30O3Si. The van der Waals surface area contributed by atoms with E-state index in [0.717, 1.165) is 11.1 Å².